The van der Waals surface area contributed by atoms with Gasteiger partial charge in [-0.15, -0.1) is 13.2 Å². The van der Waals surface area contributed by atoms with E-state index in [0.29, 0.717) is 5.76 Å². The van der Waals surface area contributed by atoms with Crippen LogP contribution in [-0.2, 0) is 0 Å². The molecular formula is C10H16O. The van der Waals surface area contributed by atoms with Crippen molar-refractivity contribution in [3.8, 4) is 0 Å². The lowest BCUT2D eigenvalue weighted by Gasteiger charge is -2.09. The fraction of sp³-hybridized carbons (Fsp3) is 0.400. The molecule has 0 spiro atoms. The van der Waals surface area contributed by atoms with Crippen LogP contribution in [0.25, 0.3) is 0 Å². The first-order valence-electron chi connectivity index (χ1n) is 3.76. The van der Waals surface area contributed by atoms with Crippen molar-refractivity contribution >= 4 is 0 Å². The molecule has 0 bridgehead atoms. The Morgan fingerprint density at radius 2 is 1.82 bits per heavy atom. The predicted molar refractivity (Wildman–Crippen MR) is 49.6 cm³/mol. The van der Waals surface area contributed by atoms with Crippen molar-refractivity contribution in [3.63, 3.8) is 0 Å². The summed E-state index contributed by atoms with van der Waals surface area (Å²) in [6.45, 7) is 10.0. The van der Waals surface area contributed by atoms with E-state index in [2.05, 4.69) is 20.1 Å². The van der Waals surface area contributed by atoms with Gasteiger partial charge in [0.25, 0.3) is 0 Å². The van der Waals surface area contributed by atoms with E-state index < -0.39 is 0 Å². The molecule has 0 amide bonds. The van der Waals surface area contributed by atoms with E-state index >= 15 is 0 Å². The normalized spacial score (nSPS) is 16.7. The number of hydrogen-bond donors (Lipinski definition) is 1. The molecular weight excluding hydrogens is 136 g/mol. The number of rotatable bonds is 0. The van der Waals surface area contributed by atoms with E-state index in [4.69, 9.17) is 5.11 Å². The van der Waals surface area contributed by atoms with Crippen LogP contribution in [-0.4, -0.2) is 5.11 Å². The van der Waals surface area contributed by atoms with E-state index in [1.54, 1.807) is 0 Å². The zero-order valence-electron chi connectivity index (χ0n) is 7.35. The van der Waals surface area contributed by atoms with Crippen LogP contribution in [0.2, 0.25) is 0 Å². The molecule has 1 N–H and O–H groups in total. The van der Waals surface area contributed by atoms with Crippen molar-refractivity contribution in [1.29, 1.82) is 0 Å². The Hall–Kier alpha value is -0.980. The second kappa shape index (κ2) is 4.78. The molecule has 1 nitrogen and oxygen atoms in total. The summed E-state index contributed by atoms with van der Waals surface area (Å²) in [6, 6.07) is 0. The molecule has 0 aliphatic heterocycles. The van der Waals surface area contributed by atoms with Crippen LogP contribution in [0.5, 0.6) is 0 Å². The minimum atomic E-state index is 0.556. The lowest BCUT2D eigenvalue weighted by atomic mass is 10.0. The highest BCUT2D eigenvalue weighted by Crippen LogP contribution is 2.20. The largest absolute Gasteiger partial charge is 0.512 e. The Bertz CT molecular complexity index is 187. The molecule has 1 aliphatic rings. The van der Waals surface area contributed by atoms with Gasteiger partial charge in [0.15, 0.2) is 0 Å². The highest BCUT2D eigenvalue weighted by Gasteiger charge is 2.04. The molecule has 0 atom stereocenters. The quantitative estimate of drug-likeness (QED) is 0.528. The van der Waals surface area contributed by atoms with Gasteiger partial charge in [-0.3, -0.25) is 0 Å². The minimum Gasteiger partial charge on any atom is -0.512 e. The van der Waals surface area contributed by atoms with E-state index in [9.17, 15) is 0 Å². The summed E-state index contributed by atoms with van der Waals surface area (Å²) in [6.07, 6.45) is 3.89. The molecule has 0 fully saturated rings. The van der Waals surface area contributed by atoms with Gasteiger partial charge < -0.3 is 5.11 Å². The number of aliphatic hydroxyl groups is 1. The number of hydrogen-bond acceptors (Lipinski definition) is 1. The summed E-state index contributed by atoms with van der Waals surface area (Å²) in [7, 11) is 0. The van der Waals surface area contributed by atoms with Crippen molar-refractivity contribution in [1.82, 2.24) is 0 Å². The molecule has 0 aromatic heterocycles. The lowest BCUT2D eigenvalue weighted by molar-refractivity contribution is 0.380. The van der Waals surface area contributed by atoms with Gasteiger partial charge in [-0.1, -0.05) is 11.6 Å². The SMILES string of the molecule is C=C.CC1=CC(C)=C(O)CC1. The van der Waals surface area contributed by atoms with Gasteiger partial charge in [-0.2, -0.15) is 0 Å². The first-order valence-corrected chi connectivity index (χ1v) is 3.76. The average molecular weight is 152 g/mol. The molecule has 62 valence electrons. The van der Waals surface area contributed by atoms with Crippen LogP contribution < -0.4 is 0 Å². The summed E-state index contributed by atoms with van der Waals surface area (Å²) in [5.74, 6) is 0.556. The van der Waals surface area contributed by atoms with Crippen molar-refractivity contribution < 1.29 is 5.11 Å². The Kier molecular flexibility index (Phi) is 4.35. The molecule has 1 aliphatic carbocycles. The van der Waals surface area contributed by atoms with Crippen molar-refractivity contribution in [2.24, 2.45) is 0 Å². The third-order valence-electron chi connectivity index (χ3n) is 1.67. The topological polar surface area (TPSA) is 20.2 Å². The molecule has 0 saturated carbocycles. The van der Waals surface area contributed by atoms with Crippen molar-refractivity contribution in [3.05, 3.63) is 36.1 Å². The zero-order valence-corrected chi connectivity index (χ0v) is 7.35. The van der Waals surface area contributed by atoms with Gasteiger partial charge in [-0.25, -0.2) is 0 Å². The molecule has 0 radical (unpaired) electrons. The van der Waals surface area contributed by atoms with Gasteiger partial charge in [0, 0.05) is 6.42 Å². The van der Waals surface area contributed by atoms with E-state index in [0.717, 1.165) is 18.4 Å². The smallest absolute Gasteiger partial charge is 0.0954 e. The van der Waals surface area contributed by atoms with Crippen LogP contribution in [0.3, 0.4) is 0 Å². The highest BCUT2D eigenvalue weighted by atomic mass is 16.3. The van der Waals surface area contributed by atoms with Crippen molar-refractivity contribution in [2.75, 3.05) is 0 Å². The predicted octanol–water partition coefficient (Wildman–Crippen LogP) is 3.36. The summed E-state index contributed by atoms with van der Waals surface area (Å²) in [5.41, 5.74) is 2.39. The number of allylic oxidation sites excluding steroid dienone is 4. The monoisotopic (exact) mass is 152 g/mol. The van der Waals surface area contributed by atoms with Crippen LogP contribution >= 0.6 is 0 Å². The molecule has 11 heavy (non-hydrogen) atoms. The first kappa shape index (κ1) is 10.0. The van der Waals surface area contributed by atoms with E-state index in [-0.39, 0.29) is 0 Å². The third kappa shape index (κ3) is 3.08. The molecule has 1 rings (SSSR count). The van der Waals surface area contributed by atoms with Crippen LogP contribution in [0.15, 0.2) is 36.1 Å². The van der Waals surface area contributed by atoms with Gasteiger partial charge >= 0.3 is 0 Å². The maximum atomic E-state index is 9.13. The number of aliphatic hydroxyl groups excluding tert-OH is 1. The molecule has 0 heterocycles. The Labute approximate surface area is 68.7 Å². The summed E-state index contributed by atoms with van der Waals surface area (Å²) in [4.78, 5) is 0. The first-order chi connectivity index (χ1) is 5.20. The maximum Gasteiger partial charge on any atom is 0.0954 e. The molecule has 0 unspecified atom stereocenters. The van der Waals surface area contributed by atoms with Crippen molar-refractivity contribution in [2.45, 2.75) is 26.7 Å². The third-order valence-corrected chi connectivity index (χ3v) is 1.67. The average Bonchev–Trinajstić information content (AvgIpc) is 2.02. The standard InChI is InChI=1S/C8H12O.C2H4/c1-6-3-4-8(9)7(2)5-6;1-2/h5,9H,3-4H2,1-2H3;1-2H2. The Morgan fingerprint density at radius 1 is 1.27 bits per heavy atom. The van der Waals surface area contributed by atoms with Crippen LogP contribution in [0.1, 0.15) is 26.7 Å². The van der Waals surface area contributed by atoms with Gasteiger partial charge in [-0.05, 0) is 25.8 Å². The molecule has 0 aromatic carbocycles. The second-order valence-corrected chi connectivity index (χ2v) is 2.62. The zero-order chi connectivity index (χ0) is 8.85. The minimum absolute atomic E-state index is 0.556. The summed E-state index contributed by atoms with van der Waals surface area (Å²) in [5, 5.41) is 9.13. The lowest BCUT2D eigenvalue weighted by Crippen LogP contribution is -1.93. The van der Waals surface area contributed by atoms with Gasteiger partial charge in [0.1, 0.15) is 0 Å². The summed E-state index contributed by atoms with van der Waals surface area (Å²) >= 11 is 0. The van der Waals surface area contributed by atoms with Gasteiger partial charge in [0.2, 0.25) is 0 Å². The molecule has 1 heteroatoms. The molecule has 0 aromatic rings. The highest BCUT2D eigenvalue weighted by molar-refractivity contribution is 5.27. The molecule has 0 saturated heterocycles. The van der Waals surface area contributed by atoms with Crippen LogP contribution in [0, 0.1) is 0 Å². The van der Waals surface area contributed by atoms with Gasteiger partial charge in [0.05, 0.1) is 5.76 Å². The summed E-state index contributed by atoms with van der Waals surface area (Å²) < 4.78 is 0. The fourth-order valence-electron chi connectivity index (χ4n) is 1.04. The fourth-order valence-corrected chi connectivity index (χ4v) is 1.04. The van der Waals surface area contributed by atoms with E-state index in [1.165, 1.54) is 5.57 Å². The maximum absolute atomic E-state index is 9.13. The second-order valence-electron chi connectivity index (χ2n) is 2.62. The Balaban J connectivity index is 0.000000461. The Morgan fingerprint density at radius 3 is 2.18 bits per heavy atom. The van der Waals surface area contributed by atoms with E-state index in [1.807, 2.05) is 13.0 Å². The van der Waals surface area contributed by atoms with Crippen LogP contribution in [0.4, 0.5) is 0 Å².